The van der Waals surface area contributed by atoms with E-state index in [1.165, 1.54) is 0 Å². The number of hydrogen-bond donors (Lipinski definition) is 1. The maximum Gasteiger partial charge on any atom is 0.256 e. The summed E-state index contributed by atoms with van der Waals surface area (Å²) in [4.78, 5) is 12.3. The number of anilines is 1. The molecule has 0 radical (unpaired) electrons. The van der Waals surface area contributed by atoms with Gasteiger partial charge in [0.2, 0.25) is 0 Å². The molecule has 0 aliphatic carbocycles. The van der Waals surface area contributed by atoms with Gasteiger partial charge in [-0.2, -0.15) is 5.26 Å². The van der Waals surface area contributed by atoms with Crippen molar-refractivity contribution in [3.8, 4) is 23.0 Å². The van der Waals surface area contributed by atoms with Crippen molar-refractivity contribution >= 4 is 23.2 Å². The molecule has 0 fully saturated rings. The molecule has 142 valence electrons. The monoisotopic (exact) mass is 389 g/mol. The van der Waals surface area contributed by atoms with Crippen LogP contribution in [0.3, 0.4) is 0 Å². The summed E-state index contributed by atoms with van der Waals surface area (Å²) in [5, 5.41) is 20.2. The number of fused-ring (bicyclic) bond motifs is 1. The molecule has 0 bridgehead atoms. The summed E-state index contributed by atoms with van der Waals surface area (Å²) < 4.78 is 1.67. The van der Waals surface area contributed by atoms with E-state index in [2.05, 4.69) is 21.7 Å². The van der Waals surface area contributed by atoms with Gasteiger partial charge in [-0.3, -0.25) is 4.79 Å². The average Bonchev–Trinajstić information content (AvgIpc) is 3.40. The fraction of sp³-hybridized carbons (Fsp3) is 0. The number of hydrogen-bond acceptors (Lipinski definition) is 4. The number of amides is 1. The predicted octanol–water partition coefficient (Wildman–Crippen LogP) is 4.30. The van der Waals surface area contributed by atoms with Crippen LogP contribution in [0.15, 0.2) is 79.0 Å². The van der Waals surface area contributed by atoms with Crippen molar-refractivity contribution in [1.29, 1.82) is 5.26 Å². The molecule has 5 rings (SSSR count). The van der Waals surface area contributed by atoms with Crippen LogP contribution in [0.5, 0.6) is 0 Å². The molecule has 4 aromatic rings. The van der Waals surface area contributed by atoms with Crippen LogP contribution in [0.1, 0.15) is 16.7 Å². The molecule has 0 spiro atoms. The highest BCUT2D eigenvalue weighted by Crippen LogP contribution is 2.32. The van der Waals surface area contributed by atoms with Crippen LogP contribution in [-0.4, -0.2) is 20.9 Å². The zero-order valence-electron chi connectivity index (χ0n) is 15.8. The molecule has 3 aromatic carbocycles. The van der Waals surface area contributed by atoms with Gasteiger partial charge in [0.25, 0.3) is 5.91 Å². The first-order valence-electron chi connectivity index (χ1n) is 9.37. The first kappa shape index (κ1) is 17.6. The summed E-state index contributed by atoms with van der Waals surface area (Å²) in [6.45, 7) is 0. The summed E-state index contributed by atoms with van der Waals surface area (Å²) in [7, 11) is 0. The van der Waals surface area contributed by atoms with Crippen LogP contribution >= 0.6 is 0 Å². The number of para-hydroxylation sites is 1. The molecular formula is C24H15N5O. The van der Waals surface area contributed by atoms with Crippen molar-refractivity contribution in [2.45, 2.75) is 0 Å². The van der Waals surface area contributed by atoms with E-state index in [0.717, 1.165) is 33.8 Å². The topological polar surface area (TPSA) is 83.6 Å². The van der Waals surface area contributed by atoms with E-state index in [9.17, 15) is 4.79 Å². The normalized spacial score (nSPS) is 13.7. The lowest BCUT2D eigenvalue weighted by atomic mass is 10.0. The molecule has 0 saturated carbocycles. The van der Waals surface area contributed by atoms with Gasteiger partial charge in [0.15, 0.2) is 0 Å². The summed E-state index contributed by atoms with van der Waals surface area (Å²) in [6.07, 6.45) is 3.73. The van der Waals surface area contributed by atoms with Crippen molar-refractivity contribution in [3.63, 3.8) is 0 Å². The van der Waals surface area contributed by atoms with Crippen LogP contribution in [-0.2, 0) is 4.79 Å². The van der Waals surface area contributed by atoms with Gasteiger partial charge in [0, 0.05) is 22.4 Å². The lowest BCUT2D eigenvalue weighted by Gasteiger charge is -2.01. The number of rotatable bonds is 3. The highest BCUT2D eigenvalue weighted by Gasteiger charge is 2.23. The van der Waals surface area contributed by atoms with Gasteiger partial charge in [-0.05, 0) is 42.0 Å². The van der Waals surface area contributed by atoms with Crippen LogP contribution < -0.4 is 5.32 Å². The minimum Gasteiger partial charge on any atom is -0.321 e. The van der Waals surface area contributed by atoms with Crippen LogP contribution in [0.4, 0.5) is 5.69 Å². The smallest absolute Gasteiger partial charge is 0.256 e. The van der Waals surface area contributed by atoms with Gasteiger partial charge in [0.1, 0.15) is 5.69 Å². The van der Waals surface area contributed by atoms with E-state index in [1.54, 1.807) is 16.8 Å². The number of aromatic nitrogens is 3. The van der Waals surface area contributed by atoms with E-state index in [-0.39, 0.29) is 5.91 Å². The largest absolute Gasteiger partial charge is 0.321 e. The number of carbonyl (C=O) groups excluding carboxylic acids is 1. The molecular weight excluding hydrogens is 374 g/mol. The van der Waals surface area contributed by atoms with E-state index in [0.29, 0.717) is 11.1 Å². The van der Waals surface area contributed by atoms with Crippen molar-refractivity contribution in [3.05, 3.63) is 95.7 Å². The molecule has 0 atom stereocenters. The SMILES string of the molecule is N#Cc1ccc(-n2cc(-c3ccc(C=C4C(=O)Nc5ccccc54)cc3)nn2)cc1. The summed E-state index contributed by atoms with van der Waals surface area (Å²) in [6, 6.07) is 24.7. The Morgan fingerprint density at radius 3 is 2.50 bits per heavy atom. The third kappa shape index (κ3) is 3.15. The standard InChI is InChI=1S/C24H15N5O/c25-14-17-7-11-19(12-8-17)29-15-23(27-28-29)18-9-5-16(6-10-18)13-21-20-3-1-2-4-22(20)26-24(21)30/h1-13,15H,(H,26,30). The zero-order chi connectivity index (χ0) is 20.5. The Morgan fingerprint density at radius 1 is 0.967 bits per heavy atom. The molecule has 1 aliphatic rings. The van der Waals surface area contributed by atoms with Crippen LogP contribution in [0.2, 0.25) is 0 Å². The molecule has 0 unspecified atom stereocenters. The second-order valence-electron chi connectivity index (χ2n) is 6.89. The number of benzene rings is 3. The summed E-state index contributed by atoms with van der Waals surface area (Å²) in [5.74, 6) is -0.0920. The lowest BCUT2D eigenvalue weighted by Crippen LogP contribution is -2.03. The highest BCUT2D eigenvalue weighted by atomic mass is 16.2. The minimum atomic E-state index is -0.0920. The van der Waals surface area contributed by atoms with Crippen molar-refractivity contribution in [2.75, 3.05) is 5.32 Å². The minimum absolute atomic E-state index is 0.0920. The van der Waals surface area contributed by atoms with Crippen molar-refractivity contribution in [1.82, 2.24) is 15.0 Å². The van der Waals surface area contributed by atoms with E-state index >= 15 is 0 Å². The Balaban J connectivity index is 1.40. The molecule has 1 N–H and O–H groups in total. The maximum absolute atomic E-state index is 12.3. The number of carbonyl (C=O) groups is 1. The van der Waals surface area contributed by atoms with Crippen LogP contribution in [0, 0.1) is 11.3 Å². The lowest BCUT2D eigenvalue weighted by molar-refractivity contribution is -0.110. The van der Waals surface area contributed by atoms with Gasteiger partial charge in [-0.1, -0.05) is 47.7 Å². The number of nitrogens with zero attached hydrogens (tertiary/aromatic N) is 4. The Hall–Kier alpha value is -4.50. The molecule has 6 heteroatoms. The fourth-order valence-electron chi connectivity index (χ4n) is 3.41. The van der Waals surface area contributed by atoms with Crippen LogP contribution in [0.25, 0.3) is 28.6 Å². The molecule has 6 nitrogen and oxygen atoms in total. The molecule has 0 saturated heterocycles. The summed E-state index contributed by atoms with van der Waals surface area (Å²) >= 11 is 0. The zero-order valence-corrected chi connectivity index (χ0v) is 15.8. The molecule has 1 aliphatic heterocycles. The van der Waals surface area contributed by atoms with Crippen molar-refractivity contribution in [2.24, 2.45) is 0 Å². The Morgan fingerprint density at radius 2 is 1.73 bits per heavy atom. The highest BCUT2D eigenvalue weighted by molar-refractivity contribution is 6.34. The van der Waals surface area contributed by atoms with E-state index in [1.807, 2.05) is 72.9 Å². The Bertz CT molecular complexity index is 1330. The second kappa shape index (κ2) is 7.15. The van der Waals surface area contributed by atoms with Gasteiger partial charge in [0.05, 0.1) is 23.5 Å². The Kier molecular flexibility index (Phi) is 4.19. The van der Waals surface area contributed by atoms with Gasteiger partial charge in [-0.25, -0.2) is 4.68 Å². The third-order valence-electron chi connectivity index (χ3n) is 4.98. The number of nitriles is 1. The predicted molar refractivity (Wildman–Crippen MR) is 114 cm³/mol. The second-order valence-corrected chi connectivity index (χ2v) is 6.89. The molecule has 1 amide bonds. The third-order valence-corrected chi connectivity index (χ3v) is 4.98. The van der Waals surface area contributed by atoms with Gasteiger partial charge in [-0.15, -0.1) is 5.10 Å². The van der Waals surface area contributed by atoms with E-state index in [4.69, 9.17) is 5.26 Å². The molecule has 2 heterocycles. The quantitative estimate of drug-likeness (QED) is 0.530. The maximum atomic E-state index is 12.3. The first-order chi connectivity index (χ1) is 14.7. The Labute approximate surface area is 172 Å². The molecule has 30 heavy (non-hydrogen) atoms. The molecule has 1 aromatic heterocycles. The van der Waals surface area contributed by atoms with E-state index < -0.39 is 0 Å². The number of nitrogens with one attached hydrogen (secondary N) is 1. The van der Waals surface area contributed by atoms with Gasteiger partial charge < -0.3 is 5.32 Å². The first-order valence-corrected chi connectivity index (χ1v) is 9.37. The average molecular weight is 389 g/mol. The summed E-state index contributed by atoms with van der Waals surface area (Å²) in [5.41, 5.74) is 6.44. The van der Waals surface area contributed by atoms with Crippen molar-refractivity contribution < 1.29 is 4.79 Å². The fourth-order valence-corrected chi connectivity index (χ4v) is 3.41. The van der Waals surface area contributed by atoms with Gasteiger partial charge >= 0.3 is 0 Å².